The third-order valence-electron chi connectivity index (χ3n) is 4.13. The van der Waals surface area contributed by atoms with E-state index in [2.05, 4.69) is 16.0 Å². The standard InChI is InChI=1S/C22H22N4O2/c1-15(27)25-19-12-10-18(11-13-19)24-14-16-6-8-17(9-7-16)22(28)26-21-5-3-2-4-20(21)23/h2-13,24H,14,23H2,1H3,(H,25,27)(H,26,28). The van der Waals surface area contributed by atoms with Crippen LogP contribution in [0.1, 0.15) is 22.8 Å². The van der Waals surface area contributed by atoms with Crippen molar-refractivity contribution in [1.82, 2.24) is 0 Å². The maximum Gasteiger partial charge on any atom is 0.255 e. The van der Waals surface area contributed by atoms with Crippen molar-refractivity contribution < 1.29 is 9.59 Å². The third-order valence-corrected chi connectivity index (χ3v) is 4.13. The van der Waals surface area contributed by atoms with Gasteiger partial charge in [-0.1, -0.05) is 24.3 Å². The molecule has 0 spiro atoms. The number of anilines is 4. The maximum atomic E-state index is 12.4. The van der Waals surface area contributed by atoms with Crippen LogP contribution in [0.25, 0.3) is 0 Å². The Morgan fingerprint density at radius 1 is 0.821 bits per heavy atom. The highest BCUT2D eigenvalue weighted by Gasteiger charge is 2.07. The molecule has 2 amide bonds. The number of amides is 2. The largest absolute Gasteiger partial charge is 0.397 e. The number of rotatable bonds is 6. The van der Waals surface area contributed by atoms with Crippen molar-refractivity contribution in [1.29, 1.82) is 0 Å². The summed E-state index contributed by atoms with van der Waals surface area (Å²) in [5.41, 5.74) is 10.3. The van der Waals surface area contributed by atoms with Gasteiger partial charge in [0.1, 0.15) is 0 Å². The van der Waals surface area contributed by atoms with Gasteiger partial charge in [0.2, 0.25) is 5.91 Å². The van der Waals surface area contributed by atoms with Crippen molar-refractivity contribution >= 4 is 34.6 Å². The molecule has 3 aromatic carbocycles. The topological polar surface area (TPSA) is 96.2 Å². The van der Waals surface area contributed by atoms with Gasteiger partial charge >= 0.3 is 0 Å². The second kappa shape index (κ2) is 8.73. The predicted molar refractivity (Wildman–Crippen MR) is 113 cm³/mol. The van der Waals surface area contributed by atoms with Crippen molar-refractivity contribution in [2.24, 2.45) is 0 Å². The van der Waals surface area contributed by atoms with Gasteiger partial charge in [0, 0.05) is 30.4 Å². The number of para-hydroxylation sites is 2. The van der Waals surface area contributed by atoms with Crippen LogP contribution < -0.4 is 21.7 Å². The maximum absolute atomic E-state index is 12.4. The lowest BCUT2D eigenvalue weighted by molar-refractivity contribution is -0.114. The van der Waals surface area contributed by atoms with Crippen LogP contribution in [0.2, 0.25) is 0 Å². The van der Waals surface area contributed by atoms with E-state index in [1.165, 1.54) is 6.92 Å². The average Bonchev–Trinajstić information content (AvgIpc) is 2.69. The third kappa shape index (κ3) is 5.11. The van der Waals surface area contributed by atoms with Crippen LogP contribution in [0.4, 0.5) is 22.7 Å². The molecule has 0 unspecified atom stereocenters. The van der Waals surface area contributed by atoms with Crippen LogP contribution in [-0.2, 0) is 11.3 Å². The molecule has 0 heterocycles. The van der Waals surface area contributed by atoms with Gasteiger partial charge in [-0.15, -0.1) is 0 Å². The first kappa shape index (κ1) is 19.0. The molecule has 5 N–H and O–H groups in total. The molecular weight excluding hydrogens is 352 g/mol. The Morgan fingerprint density at radius 3 is 2.11 bits per heavy atom. The number of benzene rings is 3. The SMILES string of the molecule is CC(=O)Nc1ccc(NCc2ccc(C(=O)Nc3ccccc3N)cc2)cc1. The summed E-state index contributed by atoms with van der Waals surface area (Å²) in [7, 11) is 0. The number of hydrogen-bond donors (Lipinski definition) is 4. The number of nitrogens with two attached hydrogens (primary N) is 1. The smallest absolute Gasteiger partial charge is 0.255 e. The number of hydrogen-bond acceptors (Lipinski definition) is 4. The summed E-state index contributed by atoms with van der Waals surface area (Å²) in [5, 5.41) is 8.85. The summed E-state index contributed by atoms with van der Waals surface area (Å²) in [4.78, 5) is 23.4. The predicted octanol–water partition coefficient (Wildman–Crippen LogP) is 4.09. The van der Waals surface area contributed by atoms with E-state index in [4.69, 9.17) is 5.73 Å². The Hall–Kier alpha value is -3.80. The zero-order valence-electron chi connectivity index (χ0n) is 15.5. The van der Waals surface area contributed by atoms with E-state index in [0.29, 0.717) is 23.5 Å². The molecular formula is C22H22N4O2. The fraction of sp³-hybridized carbons (Fsp3) is 0.0909. The molecule has 0 radical (unpaired) electrons. The fourth-order valence-electron chi connectivity index (χ4n) is 2.66. The molecule has 0 bridgehead atoms. The van der Waals surface area contributed by atoms with Crippen molar-refractivity contribution in [3.63, 3.8) is 0 Å². The highest BCUT2D eigenvalue weighted by Crippen LogP contribution is 2.18. The Bertz CT molecular complexity index is 967. The summed E-state index contributed by atoms with van der Waals surface area (Å²) in [6, 6.07) is 22.0. The van der Waals surface area contributed by atoms with Gasteiger partial charge in [-0.3, -0.25) is 9.59 Å². The summed E-state index contributed by atoms with van der Waals surface area (Å²) in [6.07, 6.45) is 0. The van der Waals surface area contributed by atoms with Gasteiger partial charge in [0.25, 0.3) is 5.91 Å². The first-order valence-corrected chi connectivity index (χ1v) is 8.87. The highest BCUT2D eigenvalue weighted by molar-refractivity contribution is 6.05. The lowest BCUT2D eigenvalue weighted by Gasteiger charge is -2.10. The van der Waals surface area contributed by atoms with Crippen molar-refractivity contribution in [3.05, 3.63) is 83.9 Å². The van der Waals surface area contributed by atoms with Gasteiger partial charge in [0.15, 0.2) is 0 Å². The van der Waals surface area contributed by atoms with Crippen molar-refractivity contribution in [2.45, 2.75) is 13.5 Å². The molecule has 0 aromatic heterocycles. The molecule has 6 heteroatoms. The summed E-state index contributed by atoms with van der Waals surface area (Å²) in [5.74, 6) is -0.300. The summed E-state index contributed by atoms with van der Waals surface area (Å²) in [6.45, 7) is 2.10. The van der Waals surface area contributed by atoms with Gasteiger partial charge in [-0.25, -0.2) is 0 Å². The molecule has 0 saturated heterocycles. The van der Waals surface area contributed by atoms with Crippen LogP contribution in [0.5, 0.6) is 0 Å². The molecule has 28 heavy (non-hydrogen) atoms. The number of carbonyl (C=O) groups is 2. The fourth-order valence-corrected chi connectivity index (χ4v) is 2.66. The van der Waals surface area contributed by atoms with Crippen molar-refractivity contribution in [3.8, 4) is 0 Å². The lowest BCUT2D eigenvalue weighted by Crippen LogP contribution is -2.13. The zero-order chi connectivity index (χ0) is 19.9. The zero-order valence-corrected chi connectivity index (χ0v) is 15.5. The monoisotopic (exact) mass is 374 g/mol. The van der Waals surface area contributed by atoms with E-state index in [1.54, 1.807) is 24.3 Å². The van der Waals surface area contributed by atoms with Gasteiger partial charge in [-0.2, -0.15) is 0 Å². The van der Waals surface area contributed by atoms with Crippen molar-refractivity contribution in [2.75, 3.05) is 21.7 Å². The van der Waals surface area contributed by atoms with Gasteiger partial charge in [0.05, 0.1) is 11.4 Å². The molecule has 0 saturated carbocycles. The van der Waals surface area contributed by atoms with Gasteiger partial charge < -0.3 is 21.7 Å². The molecule has 142 valence electrons. The minimum atomic E-state index is -0.203. The van der Waals surface area contributed by atoms with Crippen LogP contribution in [-0.4, -0.2) is 11.8 Å². The van der Waals surface area contributed by atoms with E-state index in [0.717, 1.165) is 16.9 Å². The van der Waals surface area contributed by atoms with E-state index >= 15 is 0 Å². The Labute approximate surface area is 163 Å². The van der Waals surface area contributed by atoms with Crippen LogP contribution in [0.3, 0.4) is 0 Å². The van der Waals surface area contributed by atoms with Crippen LogP contribution in [0.15, 0.2) is 72.8 Å². The Morgan fingerprint density at radius 2 is 1.46 bits per heavy atom. The molecule has 6 nitrogen and oxygen atoms in total. The van der Waals surface area contributed by atoms with E-state index in [9.17, 15) is 9.59 Å². The Kier molecular flexibility index (Phi) is 5.91. The summed E-state index contributed by atoms with van der Waals surface area (Å²) >= 11 is 0. The minimum absolute atomic E-state index is 0.0974. The number of nitrogens with one attached hydrogen (secondary N) is 3. The van der Waals surface area contributed by atoms with E-state index in [-0.39, 0.29) is 11.8 Å². The van der Waals surface area contributed by atoms with E-state index in [1.807, 2.05) is 48.5 Å². The average molecular weight is 374 g/mol. The molecule has 0 aliphatic rings. The molecule has 0 fully saturated rings. The summed E-state index contributed by atoms with van der Waals surface area (Å²) < 4.78 is 0. The Balaban J connectivity index is 1.56. The first-order valence-electron chi connectivity index (χ1n) is 8.87. The lowest BCUT2D eigenvalue weighted by atomic mass is 10.1. The second-order valence-electron chi connectivity index (χ2n) is 6.35. The molecule has 0 atom stereocenters. The van der Waals surface area contributed by atoms with Crippen LogP contribution in [0, 0.1) is 0 Å². The van der Waals surface area contributed by atoms with Crippen LogP contribution >= 0.6 is 0 Å². The quantitative estimate of drug-likeness (QED) is 0.489. The number of carbonyl (C=O) groups excluding carboxylic acids is 2. The van der Waals surface area contributed by atoms with E-state index < -0.39 is 0 Å². The second-order valence-corrected chi connectivity index (χ2v) is 6.35. The molecule has 0 aliphatic heterocycles. The normalized spacial score (nSPS) is 10.2. The minimum Gasteiger partial charge on any atom is -0.397 e. The first-order chi connectivity index (χ1) is 13.5. The molecule has 3 aromatic rings. The highest BCUT2D eigenvalue weighted by atomic mass is 16.2. The molecule has 0 aliphatic carbocycles. The molecule has 3 rings (SSSR count). The van der Waals surface area contributed by atoms with Gasteiger partial charge in [-0.05, 0) is 54.1 Å². The number of nitrogen functional groups attached to an aromatic ring is 1.